The van der Waals surface area contributed by atoms with Crippen LogP contribution in [0.4, 0.5) is 0 Å². The first kappa shape index (κ1) is 15.0. The summed E-state index contributed by atoms with van der Waals surface area (Å²) in [4.78, 5) is 23.9. The van der Waals surface area contributed by atoms with E-state index in [0.717, 1.165) is 12.8 Å². The van der Waals surface area contributed by atoms with Crippen molar-refractivity contribution in [1.82, 2.24) is 10.2 Å². The lowest BCUT2D eigenvalue weighted by atomic mass is 9.75. The van der Waals surface area contributed by atoms with Crippen LogP contribution in [0.3, 0.4) is 0 Å². The Balaban J connectivity index is 2.30. The third kappa shape index (κ3) is 5.04. The smallest absolute Gasteiger partial charge is 0.322 e. The van der Waals surface area contributed by atoms with Crippen molar-refractivity contribution in [2.75, 3.05) is 20.1 Å². The number of rotatable bonds is 5. The third-order valence-corrected chi connectivity index (χ3v) is 3.76. The van der Waals surface area contributed by atoms with Gasteiger partial charge in [-0.2, -0.15) is 0 Å². The molecule has 104 valence electrons. The molecule has 0 spiro atoms. The molecule has 0 atom stereocenters. The monoisotopic (exact) mass is 256 g/mol. The van der Waals surface area contributed by atoms with Crippen LogP contribution in [0.25, 0.3) is 0 Å². The Morgan fingerprint density at radius 1 is 1.33 bits per heavy atom. The van der Waals surface area contributed by atoms with Crippen LogP contribution in [0, 0.1) is 5.41 Å². The lowest BCUT2D eigenvalue weighted by Crippen LogP contribution is -2.43. The molecule has 5 nitrogen and oxygen atoms in total. The number of hydrogen-bond acceptors (Lipinski definition) is 3. The predicted octanol–water partition coefficient (Wildman–Crippen LogP) is 1.09. The zero-order valence-corrected chi connectivity index (χ0v) is 11.5. The van der Waals surface area contributed by atoms with E-state index < -0.39 is 5.97 Å². The SMILES string of the molecule is CN(CC(=O)NCC(=O)O)C1CCC(C)(C)CC1. The minimum atomic E-state index is -1.01. The van der Waals surface area contributed by atoms with Crippen molar-refractivity contribution in [1.29, 1.82) is 0 Å². The summed E-state index contributed by atoms with van der Waals surface area (Å²) in [6.07, 6.45) is 4.57. The zero-order chi connectivity index (χ0) is 13.8. The van der Waals surface area contributed by atoms with Crippen molar-refractivity contribution >= 4 is 11.9 Å². The Morgan fingerprint density at radius 2 is 1.89 bits per heavy atom. The van der Waals surface area contributed by atoms with Gasteiger partial charge in [0.15, 0.2) is 0 Å². The molecule has 2 N–H and O–H groups in total. The van der Waals surface area contributed by atoms with Crippen LogP contribution in [0.2, 0.25) is 0 Å². The van der Waals surface area contributed by atoms with Crippen LogP contribution in [0.5, 0.6) is 0 Å². The molecule has 18 heavy (non-hydrogen) atoms. The van der Waals surface area contributed by atoms with E-state index >= 15 is 0 Å². The first-order chi connectivity index (χ1) is 8.30. The van der Waals surface area contributed by atoms with Gasteiger partial charge in [-0.1, -0.05) is 13.8 Å². The molecule has 0 aliphatic heterocycles. The van der Waals surface area contributed by atoms with Crippen molar-refractivity contribution in [3.63, 3.8) is 0 Å². The van der Waals surface area contributed by atoms with E-state index in [1.807, 2.05) is 11.9 Å². The molecule has 1 aliphatic rings. The van der Waals surface area contributed by atoms with Crippen molar-refractivity contribution in [3.05, 3.63) is 0 Å². The number of carboxylic acids is 1. The average molecular weight is 256 g/mol. The van der Waals surface area contributed by atoms with E-state index in [0.29, 0.717) is 11.5 Å². The van der Waals surface area contributed by atoms with Gasteiger partial charge in [-0.25, -0.2) is 0 Å². The molecule has 1 saturated carbocycles. The van der Waals surface area contributed by atoms with Crippen LogP contribution < -0.4 is 5.32 Å². The molecule has 5 heteroatoms. The number of amides is 1. The van der Waals surface area contributed by atoms with Crippen LogP contribution in [-0.2, 0) is 9.59 Å². The van der Waals surface area contributed by atoms with Gasteiger partial charge in [0.25, 0.3) is 0 Å². The van der Waals surface area contributed by atoms with E-state index in [2.05, 4.69) is 19.2 Å². The molecule has 1 amide bonds. The first-order valence-corrected chi connectivity index (χ1v) is 6.49. The molecule has 0 aromatic heterocycles. The van der Waals surface area contributed by atoms with Crippen LogP contribution in [0.1, 0.15) is 39.5 Å². The van der Waals surface area contributed by atoms with E-state index in [1.54, 1.807) is 0 Å². The number of carboxylic acid groups (broad SMARTS) is 1. The van der Waals surface area contributed by atoms with E-state index in [-0.39, 0.29) is 19.0 Å². The minimum absolute atomic E-state index is 0.218. The fourth-order valence-corrected chi connectivity index (χ4v) is 2.41. The maximum atomic E-state index is 11.5. The number of nitrogens with zero attached hydrogens (tertiary/aromatic N) is 1. The highest BCUT2D eigenvalue weighted by Gasteiger charge is 2.29. The molecule has 0 radical (unpaired) electrons. The molecule has 0 aromatic carbocycles. The van der Waals surface area contributed by atoms with Crippen molar-refractivity contribution < 1.29 is 14.7 Å². The van der Waals surface area contributed by atoms with Crippen LogP contribution in [-0.4, -0.2) is 48.1 Å². The largest absolute Gasteiger partial charge is 0.480 e. The molecule has 0 saturated heterocycles. The van der Waals surface area contributed by atoms with Gasteiger partial charge in [0, 0.05) is 6.04 Å². The fraction of sp³-hybridized carbons (Fsp3) is 0.846. The Bertz CT molecular complexity index is 305. The Labute approximate surface area is 109 Å². The lowest BCUT2D eigenvalue weighted by molar-refractivity contribution is -0.138. The van der Waals surface area contributed by atoms with Gasteiger partial charge in [-0.15, -0.1) is 0 Å². The lowest BCUT2D eigenvalue weighted by Gasteiger charge is -2.38. The molecule has 1 aliphatic carbocycles. The van der Waals surface area contributed by atoms with Gasteiger partial charge in [-0.05, 0) is 38.1 Å². The highest BCUT2D eigenvalue weighted by atomic mass is 16.4. The summed E-state index contributed by atoms with van der Waals surface area (Å²) in [6, 6.07) is 0.439. The van der Waals surface area contributed by atoms with Gasteiger partial charge in [0.05, 0.1) is 6.54 Å². The maximum absolute atomic E-state index is 11.5. The highest BCUT2D eigenvalue weighted by Crippen LogP contribution is 2.36. The molecular weight excluding hydrogens is 232 g/mol. The second kappa shape index (κ2) is 6.18. The average Bonchev–Trinajstić information content (AvgIpc) is 2.26. The minimum Gasteiger partial charge on any atom is -0.480 e. The summed E-state index contributed by atoms with van der Waals surface area (Å²) in [7, 11) is 1.93. The molecule has 0 bridgehead atoms. The van der Waals surface area contributed by atoms with Crippen molar-refractivity contribution in [2.24, 2.45) is 5.41 Å². The van der Waals surface area contributed by atoms with E-state index in [9.17, 15) is 9.59 Å². The van der Waals surface area contributed by atoms with E-state index in [4.69, 9.17) is 5.11 Å². The summed E-state index contributed by atoms with van der Waals surface area (Å²) in [5, 5.41) is 10.9. The van der Waals surface area contributed by atoms with Gasteiger partial charge in [-0.3, -0.25) is 14.5 Å². The topological polar surface area (TPSA) is 69.6 Å². The Morgan fingerprint density at radius 3 is 2.39 bits per heavy atom. The quantitative estimate of drug-likeness (QED) is 0.772. The maximum Gasteiger partial charge on any atom is 0.322 e. The second-order valence-corrected chi connectivity index (χ2v) is 5.98. The summed E-state index contributed by atoms with van der Waals surface area (Å²) < 4.78 is 0. The highest BCUT2D eigenvalue weighted by molar-refractivity contribution is 5.82. The van der Waals surface area contributed by atoms with Crippen LogP contribution in [0.15, 0.2) is 0 Å². The standard InChI is InChI=1S/C13H24N2O3/c1-13(2)6-4-10(5-7-13)15(3)9-11(16)14-8-12(17)18/h10H,4-9H2,1-3H3,(H,14,16)(H,17,18). The van der Waals surface area contributed by atoms with Gasteiger partial charge >= 0.3 is 5.97 Å². The molecule has 1 rings (SSSR count). The predicted molar refractivity (Wildman–Crippen MR) is 69.3 cm³/mol. The van der Waals surface area contributed by atoms with Gasteiger partial charge in [0.2, 0.25) is 5.91 Å². The number of carbonyl (C=O) groups is 2. The fourth-order valence-electron chi connectivity index (χ4n) is 2.41. The number of aliphatic carboxylic acids is 1. The molecule has 0 aromatic rings. The van der Waals surface area contributed by atoms with Crippen molar-refractivity contribution in [3.8, 4) is 0 Å². The summed E-state index contributed by atoms with van der Waals surface area (Å²) in [6.45, 7) is 4.54. The normalized spacial score (nSPS) is 19.8. The number of carbonyl (C=O) groups excluding carboxylic acids is 1. The van der Waals surface area contributed by atoms with Gasteiger partial charge < -0.3 is 10.4 Å². The molecule has 0 heterocycles. The van der Waals surface area contributed by atoms with Crippen LogP contribution >= 0.6 is 0 Å². The molecular formula is C13H24N2O3. The first-order valence-electron chi connectivity index (χ1n) is 6.49. The summed E-state index contributed by atoms with van der Waals surface area (Å²) in [5.74, 6) is -1.23. The number of nitrogens with one attached hydrogen (secondary N) is 1. The number of likely N-dealkylation sites (N-methyl/N-ethyl adjacent to an activating group) is 1. The zero-order valence-electron chi connectivity index (χ0n) is 11.5. The van der Waals surface area contributed by atoms with Gasteiger partial charge in [0.1, 0.15) is 6.54 Å². The Hall–Kier alpha value is -1.10. The second-order valence-electron chi connectivity index (χ2n) is 5.98. The summed E-state index contributed by atoms with van der Waals surface area (Å²) in [5.41, 5.74) is 0.420. The molecule has 1 fully saturated rings. The summed E-state index contributed by atoms with van der Waals surface area (Å²) >= 11 is 0. The molecule has 0 unspecified atom stereocenters. The van der Waals surface area contributed by atoms with Crippen molar-refractivity contribution in [2.45, 2.75) is 45.6 Å². The third-order valence-electron chi connectivity index (χ3n) is 3.76. The Kier molecular flexibility index (Phi) is 5.14. The number of hydrogen-bond donors (Lipinski definition) is 2. The van der Waals surface area contributed by atoms with E-state index in [1.165, 1.54) is 12.8 Å².